The van der Waals surface area contributed by atoms with Gasteiger partial charge in [-0.05, 0) is 30.7 Å². The van der Waals surface area contributed by atoms with Crippen molar-refractivity contribution in [3.63, 3.8) is 0 Å². The molecule has 3 nitrogen and oxygen atoms in total. The molecule has 1 fully saturated rings. The number of rotatable bonds is 6. The second-order valence-electron chi connectivity index (χ2n) is 4.92. The van der Waals surface area contributed by atoms with Gasteiger partial charge in [0.15, 0.2) is 0 Å². The Morgan fingerprint density at radius 2 is 2.10 bits per heavy atom. The molecule has 0 aromatic carbocycles. The molecule has 0 spiro atoms. The van der Waals surface area contributed by atoms with Crippen molar-refractivity contribution < 1.29 is 4.79 Å². The van der Waals surface area contributed by atoms with E-state index in [9.17, 15) is 4.79 Å². The zero-order valence-corrected chi connectivity index (χ0v) is 13.5. The summed E-state index contributed by atoms with van der Waals surface area (Å²) in [6.45, 7) is 2.19. The van der Waals surface area contributed by atoms with Gasteiger partial charge in [-0.3, -0.25) is 9.78 Å². The van der Waals surface area contributed by atoms with Crippen LogP contribution in [-0.4, -0.2) is 33.7 Å². The van der Waals surface area contributed by atoms with Gasteiger partial charge in [-0.15, -0.1) is 11.8 Å². The van der Waals surface area contributed by atoms with Crippen LogP contribution in [-0.2, 0) is 4.79 Å². The molecule has 2 atom stereocenters. The third-order valence-electron chi connectivity index (χ3n) is 3.45. The van der Waals surface area contributed by atoms with Crippen molar-refractivity contribution in [3.05, 3.63) is 24.5 Å². The molecule has 1 aliphatic carbocycles. The summed E-state index contributed by atoms with van der Waals surface area (Å²) in [7, 11) is 0. The molecule has 5 heteroatoms. The quantitative estimate of drug-likeness (QED) is 0.818. The molecule has 1 saturated carbocycles. The number of nitrogens with zero attached hydrogens (tertiary/aromatic N) is 1. The summed E-state index contributed by atoms with van der Waals surface area (Å²) in [4.78, 5) is 17.2. The lowest BCUT2D eigenvalue weighted by atomic mass is 9.95. The lowest BCUT2D eigenvalue weighted by molar-refractivity contribution is -0.119. The van der Waals surface area contributed by atoms with Gasteiger partial charge in [-0.1, -0.05) is 19.8 Å². The fourth-order valence-corrected chi connectivity index (χ4v) is 4.40. The van der Waals surface area contributed by atoms with Crippen molar-refractivity contribution >= 4 is 29.4 Å². The summed E-state index contributed by atoms with van der Waals surface area (Å²) in [5.41, 5.74) is 0. The van der Waals surface area contributed by atoms with Crippen molar-refractivity contribution in [1.29, 1.82) is 0 Å². The largest absolute Gasteiger partial charge is 0.352 e. The standard InChI is InChI=1S/C15H22N2OS2/c1-2-19-14-6-4-3-5-13(14)17-15(18)11-20-12-7-9-16-10-8-12/h7-10,13-14H,2-6,11H2,1H3,(H,17,18). The van der Waals surface area contributed by atoms with Crippen molar-refractivity contribution in [1.82, 2.24) is 10.3 Å². The highest BCUT2D eigenvalue weighted by molar-refractivity contribution is 8.00. The number of amides is 1. The van der Waals surface area contributed by atoms with E-state index in [-0.39, 0.29) is 5.91 Å². The number of hydrogen-bond donors (Lipinski definition) is 1. The average Bonchev–Trinajstić information content (AvgIpc) is 2.49. The summed E-state index contributed by atoms with van der Waals surface area (Å²) < 4.78 is 0. The molecule has 1 aromatic heterocycles. The first-order valence-corrected chi connectivity index (χ1v) is 9.27. The smallest absolute Gasteiger partial charge is 0.230 e. The third kappa shape index (κ3) is 5.02. The topological polar surface area (TPSA) is 42.0 Å². The highest BCUT2D eigenvalue weighted by atomic mass is 32.2. The van der Waals surface area contributed by atoms with Gasteiger partial charge in [0.1, 0.15) is 0 Å². The van der Waals surface area contributed by atoms with Crippen LogP contribution >= 0.6 is 23.5 Å². The summed E-state index contributed by atoms with van der Waals surface area (Å²) in [5.74, 6) is 1.77. The predicted molar refractivity (Wildman–Crippen MR) is 87.3 cm³/mol. The molecule has 1 aliphatic rings. The van der Waals surface area contributed by atoms with E-state index in [0.29, 0.717) is 17.0 Å². The van der Waals surface area contributed by atoms with Crippen LogP contribution in [0.4, 0.5) is 0 Å². The van der Waals surface area contributed by atoms with Gasteiger partial charge in [0, 0.05) is 28.6 Å². The Balaban J connectivity index is 1.78. The van der Waals surface area contributed by atoms with Crippen LogP contribution in [0.2, 0.25) is 0 Å². The van der Waals surface area contributed by atoms with Crippen LogP contribution in [0.25, 0.3) is 0 Å². The number of carbonyl (C=O) groups is 1. The average molecular weight is 310 g/mol. The van der Waals surface area contributed by atoms with Gasteiger partial charge in [0.25, 0.3) is 0 Å². The second kappa shape index (κ2) is 8.57. The molecule has 0 saturated heterocycles. The maximum absolute atomic E-state index is 12.1. The van der Waals surface area contributed by atoms with Gasteiger partial charge in [0.05, 0.1) is 5.75 Å². The molecule has 20 heavy (non-hydrogen) atoms. The van der Waals surface area contributed by atoms with Crippen molar-refractivity contribution in [3.8, 4) is 0 Å². The van der Waals surface area contributed by atoms with Gasteiger partial charge >= 0.3 is 0 Å². The van der Waals surface area contributed by atoms with E-state index in [1.54, 1.807) is 24.2 Å². The van der Waals surface area contributed by atoms with E-state index in [2.05, 4.69) is 17.2 Å². The minimum Gasteiger partial charge on any atom is -0.352 e. The van der Waals surface area contributed by atoms with Gasteiger partial charge in [-0.25, -0.2) is 0 Å². The van der Waals surface area contributed by atoms with Gasteiger partial charge in [-0.2, -0.15) is 11.8 Å². The number of thioether (sulfide) groups is 2. The molecule has 1 amide bonds. The Morgan fingerprint density at radius 3 is 2.85 bits per heavy atom. The molecule has 0 aliphatic heterocycles. The third-order valence-corrected chi connectivity index (χ3v) is 5.79. The molecule has 1 aromatic rings. The van der Waals surface area contributed by atoms with Crippen LogP contribution in [0, 0.1) is 0 Å². The van der Waals surface area contributed by atoms with Crippen LogP contribution in [0.5, 0.6) is 0 Å². The molecule has 110 valence electrons. The molecule has 1 N–H and O–H groups in total. The van der Waals surface area contributed by atoms with Crippen molar-refractivity contribution in [2.75, 3.05) is 11.5 Å². The monoisotopic (exact) mass is 310 g/mol. The number of aromatic nitrogens is 1. The van der Waals surface area contributed by atoms with E-state index in [1.807, 2.05) is 23.9 Å². The lowest BCUT2D eigenvalue weighted by Crippen LogP contribution is -2.44. The first-order chi connectivity index (χ1) is 9.79. The normalized spacial score (nSPS) is 22.4. The number of pyridine rings is 1. The summed E-state index contributed by atoms with van der Waals surface area (Å²) in [6, 6.07) is 4.24. The highest BCUT2D eigenvalue weighted by Crippen LogP contribution is 2.28. The fourth-order valence-electron chi connectivity index (χ4n) is 2.51. The zero-order valence-electron chi connectivity index (χ0n) is 11.9. The van der Waals surface area contributed by atoms with Crippen LogP contribution in [0.3, 0.4) is 0 Å². The minimum absolute atomic E-state index is 0.153. The Morgan fingerprint density at radius 1 is 1.35 bits per heavy atom. The fraction of sp³-hybridized carbons (Fsp3) is 0.600. The van der Waals surface area contributed by atoms with E-state index in [1.165, 1.54) is 19.3 Å². The van der Waals surface area contributed by atoms with Gasteiger partial charge in [0.2, 0.25) is 5.91 Å². The minimum atomic E-state index is 0.153. The Bertz CT molecular complexity index is 412. The Kier molecular flexibility index (Phi) is 6.73. The zero-order chi connectivity index (χ0) is 14.2. The van der Waals surface area contributed by atoms with Gasteiger partial charge < -0.3 is 5.32 Å². The van der Waals surface area contributed by atoms with Crippen molar-refractivity contribution in [2.24, 2.45) is 0 Å². The number of nitrogens with one attached hydrogen (secondary N) is 1. The molecule has 0 radical (unpaired) electrons. The predicted octanol–water partition coefficient (Wildman–Crippen LogP) is 3.35. The Labute approximate surface area is 129 Å². The molecule has 0 bridgehead atoms. The second-order valence-corrected chi connectivity index (χ2v) is 7.49. The van der Waals surface area contributed by atoms with Crippen LogP contribution in [0.15, 0.2) is 29.4 Å². The molecular formula is C15H22N2OS2. The summed E-state index contributed by atoms with van der Waals surface area (Å²) >= 11 is 3.56. The van der Waals surface area contributed by atoms with E-state index < -0.39 is 0 Å². The highest BCUT2D eigenvalue weighted by Gasteiger charge is 2.26. The molecule has 2 rings (SSSR count). The number of hydrogen-bond acceptors (Lipinski definition) is 4. The van der Waals surface area contributed by atoms with Crippen LogP contribution in [0.1, 0.15) is 32.6 Å². The number of carbonyl (C=O) groups excluding carboxylic acids is 1. The lowest BCUT2D eigenvalue weighted by Gasteiger charge is -2.31. The Hall–Kier alpha value is -0.680. The van der Waals surface area contributed by atoms with E-state index in [0.717, 1.165) is 17.1 Å². The maximum atomic E-state index is 12.1. The van der Waals surface area contributed by atoms with E-state index >= 15 is 0 Å². The summed E-state index contributed by atoms with van der Waals surface area (Å²) in [5, 5.41) is 3.83. The van der Waals surface area contributed by atoms with E-state index in [4.69, 9.17) is 0 Å². The van der Waals surface area contributed by atoms with Crippen LogP contribution < -0.4 is 5.32 Å². The SMILES string of the molecule is CCSC1CCCCC1NC(=O)CSc1ccncc1. The van der Waals surface area contributed by atoms with Crippen molar-refractivity contribution in [2.45, 2.75) is 48.8 Å². The molecular weight excluding hydrogens is 288 g/mol. The molecule has 2 unspecified atom stereocenters. The summed E-state index contributed by atoms with van der Waals surface area (Å²) in [6.07, 6.45) is 8.42. The first kappa shape index (κ1) is 15.7. The molecule has 1 heterocycles. The maximum Gasteiger partial charge on any atom is 0.230 e. The first-order valence-electron chi connectivity index (χ1n) is 7.23.